The quantitative estimate of drug-likeness (QED) is 0.704. The van der Waals surface area contributed by atoms with Gasteiger partial charge in [0.25, 0.3) is 0 Å². The van der Waals surface area contributed by atoms with E-state index in [0.717, 1.165) is 24.7 Å². The van der Waals surface area contributed by atoms with Gasteiger partial charge in [-0.25, -0.2) is 4.98 Å². The Morgan fingerprint density at radius 1 is 1.67 bits per heavy atom. The number of H-pyrrole nitrogens is 1. The molecule has 0 radical (unpaired) electrons. The van der Waals surface area contributed by atoms with Gasteiger partial charge in [-0.2, -0.15) is 0 Å². The second kappa shape index (κ2) is 3.27. The average Bonchev–Trinajstić information content (AvgIpc) is 2.78. The number of hydrogen-bond donors (Lipinski definition) is 2. The van der Waals surface area contributed by atoms with Crippen molar-refractivity contribution in [2.24, 2.45) is 5.92 Å². The molecule has 0 aliphatic heterocycles. The van der Waals surface area contributed by atoms with Gasteiger partial charge in [-0.05, 0) is 32.2 Å². The molecular weight excluding hydrogens is 150 g/mol. The first-order chi connectivity index (χ1) is 5.86. The average molecular weight is 165 g/mol. The van der Waals surface area contributed by atoms with Crippen LogP contribution in [0.4, 0.5) is 0 Å². The van der Waals surface area contributed by atoms with Gasteiger partial charge in [-0.1, -0.05) is 0 Å². The topological polar surface area (TPSA) is 40.7 Å². The van der Waals surface area contributed by atoms with Crippen LogP contribution in [-0.2, 0) is 6.54 Å². The molecule has 1 aliphatic rings. The van der Waals surface area contributed by atoms with E-state index in [2.05, 4.69) is 22.2 Å². The Kier molecular flexibility index (Phi) is 2.13. The fourth-order valence-corrected chi connectivity index (χ4v) is 1.28. The summed E-state index contributed by atoms with van der Waals surface area (Å²) in [6, 6.07) is 0. The lowest BCUT2D eigenvalue weighted by Crippen LogP contribution is -2.16. The highest BCUT2D eigenvalue weighted by Gasteiger charge is 2.20. The van der Waals surface area contributed by atoms with Gasteiger partial charge in [-0.3, -0.25) is 0 Å². The van der Waals surface area contributed by atoms with Crippen molar-refractivity contribution in [2.45, 2.75) is 26.3 Å². The molecule has 0 saturated heterocycles. The SMILES string of the molecule is Cc1[nH]cnc1CNCC1CC1. The zero-order chi connectivity index (χ0) is 8.39. The number of imidazole rings is 1. The minimum absolute atomic E-state index is 0.909. The smallest absolute Gasteiger partial charge is 0.0925 e. The van der Waals surface area contributed by atoms with Crippen molar-refractivity contribution in [3.05, 3.63) is 17.7 Å². The molecule has 0 unspecified atom stereocenters. The van der Waals surface area contributed by atoms with E-state index in [0.29, 0.717) is 0 Å². The van der Waals surface area contributed by atoms with Gasteiger partial charge < -0.3 is 10.3 Å². The number of hydrogen-bond acceptors (Lipinski definition) is 2. The normalized spacial score (nSPS) is 16.8. The Labute approximate surface area is 72.6 Å². The lowest BCUT2D eigenvalue weighted by Gasteiger charge is -2.00. The number of aryl methyl sites for hydroxylation is 1. The van der Waals surface area contributed by atoms with Gasteiger partial charge in [0.15, 0.2) is 0 Å². The van der Waals surface area contributed by atoms with E-state index in [9.17, 15) is 0 Å². The van der Waals surface area contributed by atoms with Crippen molar-refractivity contribution in [3.8, 4) is 0 Å². The van der Waals surface area contributed by atoms with Gasteiger partial charge in [0.2, 0.25) is 0 Å². The summed E-state index contributed by atoms with van der Waals surface area (Å²) in [7, 11) is 0. The first-order valence-corrected chi connectivity index (χ1v) is 4.56. The summed E-state index contributed by atoms with van der Waals surface area (Å²) in [5, 5.41) is 3.41. The molecule has 12 heavy (non-hydrogen) atoms. The second-order valence-corrected chi connectivity index (χ2v) is 3.55. The van der Waals surface area contributed by atoms with E-state index in [1.165, 1.54) is 18.5 Å². The van der Waals surface area contributed by atoms with E-state index in [4.69, 9.17) is 0 Å². The third-order valence-electron chi connectivity index (χ3n) is 2.36. The molecule has 1 saturated carbocycles. The first-order valence-electron chi connectivity index (χ1n) is 4.56. The van der Waals surface area contributed by atoms with Crippen molar-refractivity contribution in [1.82, 2.24) is 15.3 Å². The molecule has 0 spiro atoms. The van der Waals surface area contributed by atoms with E-state index < -0.39 is 0 Å². The lowest BCUT2D eigenvalue weighted by molar-refractivity contribution is 0.630. The third kappa shape index (κ3) is 1.85. The molecular formula is C9H15N3. The van der Waals surface area contributed by atoms with E-state index in [-0.39, 0.29) is 0 Å². The number of aromatic nitrogens is 2. The fourth-order valence-electron chi connectivity index (χ4n) is 1.28. The zero-order valence-electron chi connectivity index (χ0n) is 7.43. The molecule has 2 rings (SSSR count). The van der Waals surface area contributed by atoms with Gasteiger partial charge in [0.05, 0.1) is 12.0 Å². The second-order valence-electron chi connectivity index (χ2n) is 3.55. The van der Waals surface area contributed by atoms with Crippen LogP contribution in [0.3, 0.4) is 0 Å². The maximum Gasteiger partial charge on any atom is 0.0925 e. The largest absolute Gasteiger partial charge is 0.348 e. The summed E-state index contributed by atoms with van der Waals surface area (Å²) >= 11 is 0. The molecule has 3 heteroatoms. The van der Waals surface area contributed by atoms with Crippen LogP contribution in [0.25, 0.3) is 0 Å². The molecule has 0 atom stereocenters. The number of nitrogens with one attached hydrogen (secondary N) is 2. The van der Waals surface area contributed by atoms with Crippen LogP contribution in [0.1, 0.15) is 24.2 Å². The Bertz CT molecular complexity index is 250. The highest BCUT2D eigenvalue weighted by atomic mass is 14.9. The summed E-state index contributed by atoms with van der Waals surface area (Å²) in [6.45, 7) is 4.12. The van der Waals surface area contributed by atoms with Crippen LogP contribution < -0.4 is 5.32 Å². The number of rotatable bonds is 4. The maximum atomic E-state index is 4.21. The summed E-state index contributed by atoms with van der Waals surface area (Å²) in [5.41, 5.74) is 2.33. The van der Waals surface area contributed by atoms with Crippen LogP contribution in [0.15, 0.2) is 6.33 Å². The molecule has 1 fully saturated rings. The van der Waals surface area contributed by atoms with Crippen LogP contribution in [0, 0.1) is 12.8 Å². The standard InChI is InChI=1S/C9H15N3/c1-7-9(12-6-11-7)5-10-4-8-2-3-8/h6,8,10H,2-5H2,1H3,(H,11,12). The number of aromatic amines is 1. The van der Waals surface area contributed by atoms with Gasteiger partial charge in [-0.15, -0.1) is 0 Å². The molecule has 2 N–H and O–H groups in total. The molecule has 66 valence electrons. The maximum absolute atomic E-state index is 4.21. The van der Waals surface area contributed by atoms with Crippen LogP contribution in [-0.4, -0.2) is 16.5 Å². The van der Waals surface area contributed by atoms with Gasteiger partial charge in [0.1, 0.15) is 0 Å². The summed E-state index contributed by atoms with van der Waals surface area (Å²) in [4.78, 5) is 7.29. The molecule has 0 bridgehead atoms. The number of nitrogens with zero attached hydrogens (tertiary/aromatic N) is 1. The van der Waals surface area contributed by atoms with Crippen LogP contribution >= 0.6 is 0 Å². The third-order valence-corrected chi connectivity index (χ3v) is 2.36. The predicted molar refractivity (Wildman–Crippen MR) is 47.8 cm³/mol. The minimum atomic E-state index is 0.909. The molecule has 1 heterocycles. The van der Waals surface area contributed by atoms with Gasteiger partial charge >= 0.3 is 0 Å². The Morgan fingerprint density at radius 2 is 2.50 bits per heavy atom. The molecule has 1 aromatic heterocycles. The highest BCUT2D eigenvalue weighted by molar-refractivity contribution is 5.07. The van der Waals surface area contributed by atoms with Crippen LogP contribution in [0.5, 0.6) is 0 Å². The van der Waals surface area contributed by atoms with Crippen molar-refractivity contribution in [2.75, 3.05) is 6.54 Å². The van der Waals surface area contributed by atoms with E-state index >= 15 is 0 Å². The lowest BCUT2D eigenvalue weighted by atomic mass is 10.3. The van der Waals surface area contributed by atoms with Crippen molar-refractivity contribution < 1.29 is 0 Å². The predicted octanol–water partition coefficient (Wildman–Crippen LogP) is 1.22. The fraction of sp³-hybridized carbons (Fsp3) is 0.667. The summed E-state index contributed by atoms with van der Waals surface area (Å²) in [5.74, 6) is 0.948. The summed E-state index contributed by atoms with van der Waals surface area (Å²) in [6.07, 6.45) is 4.57. The molecule has 1 aliphatic carbocycles. The summed E-state index contributed by atoms with van der Waals surface area (Å²) < 4.78 is 0. The first kappa shape index (κ1) is 7.80. The van der Waals surface area contributed by atoms with Crippen molar-refractivity contribution in [1.29, 1.82) is 0 Å². The molecule has 1 aromatic rings. The van der Waals surface area contributed by atoms with E-state index in [1.807, 2.05) is 0 Å². The molecule has 0 amide bonds. The zero-order valence-corrected chi connectivity index (χ0v) is 7.43. The minimum Gasteiger partial charge on any atom is -0.348 e. The Balaban J connectivity index is 1.75. The van der Waals surface area contributed by atoms with Crippen molar-refractivity contribution >= 4 is 0 Å². The Morgan fingerprint density at radius 3 is 3.08 bits per heavy atom. The van der Waals surface area contributed by atoms with Crippen LogP contribution in [0.2, 0.25) is 0 Å². The molecule has 0 aromatic carbocycles. The Hall–Kier alpha value is -0.830. The van der Waals surface area contributed by atoms with Gasteiger partial charge in [0, 0.05) is 12.2 Å². The monoisotopic (exact) mass is 165 g/mol. The van der Waals surface area contributed by atoms with E-state index in [1.54, 1.807) is 6.33 Å². The van der Waals surface area contributed by atoms with Crippen molar-refractivity contribution in [3.63, 3.8) is 0 Å². The molecule has 3 nitrogen and oxygen atoms in total. The highest BCUT2D eigenvalue weighted by Crippen LogP contribution is 2.27.